The summed E-state index contributed by atoms with van der Waals surface area (Å²) in [5.41, 5.74) is 3.68. The van der Waals surface area contributed by atoms with Crippen molar-refractivity contribution in [2.45, 2.75) is 31.7 Å². The number of hydrogen-bond donors (Lipinski definition) is 0. The smallest absolute Gasteiger partial charge is 0.174 e. The second-order valence-electron chi connectivity index (χ2n) is 11.0. The molecule has 1 amide bonds. The van der Waals surface area contributed by atoms with E-state index in [1.54, 1.807) is 7.11 Å². The lowest BCUT2D eigenvalue weighted by molar-refractivity contribution is -0.268. The van der Waals surface area contributed by atoms with Gasteiger partial charge in [0.1, 0.15) is 36.5 Å². The summed E-state index contributed by atoms with van der Waals surface area (Å²) in [4.78, 5) is 13.1. The van der Waals surface area contributed by atoms with Crippen molar-refractivity contribution in [3.05, 3.63) is 114 Å². The highest BCUT2D eigenvalue weighted by atomic mass is 16.5. The molecule has 9 heteroatoms. The van der Waals surface area contributed by atoms with Crippen LogP contribution in [0.25, 0.3) is 22.0 Å². The summed E-state index contributed by atoms with van der Waals surface area (Å²) in [6.07, 6.45) is -0.969. The first-order valence-electron chi connectivity index (χ1n) is 15.0. The lowest BCUT2D eigenvalue weighted by Crippen LogP contribution is -2.51. The maximum absolute atomic E-state index is 11.8. The normalized spacial score (nSPS) is 16.5. The zero-order valence-electron chi connectivity index (χ0n) is 25.1. The molecule has 9 nitrogen and oxygen atoms in total. The molecule has 1 fully saturated rings. The van der Waals surface area contributed by atoms with Crippen LogP contribution in [-0.4, -0.2) is 55.7 Å². The maximum Gasteiger partial charge on any atom is 0.174 e. The van der Waals surface area contributed by atoms with E-state index in [-0.39, 0.29) is 31.8 Å². The van der Waals surface area contributed by atoms with Crippen molar-refractivity contribution in [1.82, 2.24) is 10.1 Å². The number of fused-ring (bicyclic) bond motifs is 1. The minimum atomic E-state index is -1.19. The van der Waals surface area contributed by atoms with Crippen LogP contribution in [0.4, 0.5) is 4.79 Å². The summed E-state index contributed by atoms with van der Waals surface area (Å²) in [6.45, 7) is 1.96. The topological polar surface area (TPSA) is 106 Å². The predicted octanol–water partition coefficient (Wildman–Crippen LogP) is 5.82. The van der Waals surface area contributed by atoms with Crippen molar-refractivity contribution in [3.63, 3.8) is 0 Å². The van der Waals surface area contributed by atoms with E-state index in [2.05, 4.69) is 5.16 Å². The number of aromatic nitrogens is 1. The Morgan fingerprint density at radius 1 is 0.933 bits per heavy atom. The fourth-order valence-electron chi connectivity index (χ4n) is 5.72. The average Bonchev–Trinajstić information content (AvgIpc) is 3.57. The Morgan fingerprint density at radius 2 is 1.73 bits per heavy atom. The number of amides is 1. The van der Waals surface area contributed by atoms with Crippen molar-refractivity contribution in [3.8, 4) is 22.8 Å². The van der Waals surface area contributed by atoms with Crippen LogP contribution in [0.3, 0.4) is 0 Å². The molecule has 0 bridgehead atoms. The molecular formula is C36H35N2O7-. The van der Waals surface area contributed by atoms with Crippen molar-refractivity contribution in [2.24, 2.45) is 0 Å². The van der Waals surface area contributed by atoms with Crippen molar-refractivity contribution < 1.29 is 33.4 Å². The molecule has 0 radical (unpaired) electrons. The molecule has 2 atom stereocenters. The Labute approximate surface area is 261 Å². The minimum absolute atomic E-state index is 0.0179. The monoisotopic (exact) mass is 607 g/mol. The highest BCUT2D eigenvalue weighted by Gasteiger charge is 2.31. The highest BCUT2D eigenvalue weighted by molar-refractivity contribution is 5.89. The molecule has 0 N–H and O–H groups in total. The Kier molecular flexibility index (Phi) is 9.58. The SMILES string of the molecule is COCCOc1c(COC2CN(C(=O)[O-])CCC2c2ccc(OCc3cc(-c4ccccc4)no3)cc2)ccc2ccccc12. The van der Waals surface area contributed by atoms with Gasteiger partial charge in [-0.2, -0.15) is 0 Å². The second-order valence-corrected chi connectivity index (χ2v) is 11.0. The number of rotatable bonds is 12. The minimum Gasteiger partial charge on any atom is -0.530 e. The van der Waals surface area contributed by atoms with Gasteiger partial charge in [0.05, 0.1) is 19.3 Å². The van der Waals surface area contributed by atoms with Crippen LogP contribution in [-0.2, 0) is 22.7 Å². The number of carbonyl (C=O) groups excluding carboxylic acids is 1. The van der Waals surface area contributed by atoms with Crippen molar-refractivity contribution >= 4 is 16.9 Å². The maximum atomic E-state index is 11.8. The Morgan fingerprint density at radius 3 is 2.53 bits per heavy atom. The molecule has 0 spiro atoms. The van der Waals surface area contributed by atoms with Gasteiger partial charge in [-0.1, -0.05) is 84.0 Å². The first kappa shape index (κ1) is 30.2. The highest BCUT2D eigenvalue weighted by Crippen LogP contribution is 2.35. The van der Waals surface area contributed by atoms with Crippen molar-refractivity contribution in [1.29, 1.82) is 0 Å². The number of nitrogens with zero attached hydrogens (tertiary/aromatic N) is 2. The molecule has 1 aliphatic rings. The quantitative estimate of drug-likeness (QED) is 0.164. The first-order valence-corrected chi connectivity index (χ1v) is 15.0. The van der Waals surface area contributed by atoms with Crippen LogP contribution in [0.2, 0.25) is 0 Å². The summed E-state index contributed by atoms with van der Waals surface area (Å²) in [5.74, 6) is 2.05. The molecule has 1 aromatic heterocycles. The van der Waals surface area contributed by atoms with E-state index in [1.807, 2.05) is 97.1 Å². The summed E-state index contributed by atoms with van der Waals surface area (Å²) in [6, 6.07) is 31.6. The van der Waals surface area contributed by atoms with Gasteiger partial charge < -0.3 is 38.3 Å². The number of likely N-dealkylation sites (tertiary alicyclic amines) is 1. The van der Waals surface area contributed by atoms with E-state index in [0.29, 0.717) is 37.7 Å². The van der Waals surface area contributed by atoms with Gasteiger partial charge in [-0.15, -0.1) is 0 Å². The Hall–Kier alpha value is -4.86. The third-order valence-corrected chi connectivity index (χ3v) is 8.08. The van der Waals surface area contributed by atoms with Gasteiger partial charge in [0.2, 0.25) is 0 Å². The van der Waals surface area contributed by atoms with E-state index in [4.69, 9.17) is 23.5 Å². The third-order valence-electron chi connectivity index (χ3n) is 8.08. The number of hydrogen-bond acceptors (Lipinski definition) is 8. The molecule has 1 aliphatic heterocycles. The molecule has 232 valence electrons. The van der Waals surface area contributed by atoms with Crippen LogP contribution in [0.1, 0.15) is 29.2 Å². The van der Waals surface area contributed by atoms with Gasteiger partial charge in [0.25, 0.3) is 0 Å². The fourth-order valence-corrected chi connectivity index (χ4v) is 5.72. The fraction of sp³-hybridized carbons (Fsp3) is 0.278. The van der Waals surface area contributed by atoms with Gasteiger partial charge in [0.15, 0.2) is 5.76 Å². The molecule has 1 saturated heterocycles. The molecule has 5 aromatic rings. The summed E-state index contributed by atoms with van der Waals surface area (Å²) in [5, 5.41) is 18.0. The Bertz CT molecular complexity index is 1700. The number of benzene rings is 4. The van der Waals surface area contributed by atoms with E-state index in [0.717, 1.165) is 38.9 Å². The number of methoxy groups -OCH3 is 1. The first-order chi connectivity index (χ1) is 22.1. The van der Waals surface area contributed by atoms with Crippen molar-refractivity contribution in [2.75, 3.05) is 33.4 Å². The summed E-state index contributed by atoms with van der Waals surface area (Å²) in [7, 11) is 1.64. The van der Waals surface area contributed by atoms with Crippen LogP contribution in [0.15, 0.2) is 102 Å². The van der Waals surface area contributed by atoms with Gasteiger partial charge in [-0.3, -0.25) is 0 Å². The molecule has 0 aliphatic carbocycles. The molecule has 6 rings (SSSR count). The number of ether oxygens (including phenoxy) is 4. The van der Waals surface area contributed by atoms with Crippen LogP contribution < -0.4 is 14.6 Å². The zero-order chi connectivity index (χ0) is 31.0. The van der Waals surface area contributed by atoms with E-state index in [9.17, 15) is 9.90 Å². The standard InChI is InChI=1S/C36H36N2O7/c1-41-19-20-42-35-28(12-11-25-7-5-6-10-32(25)35)23-44-34-22-38(36(39)40)18-17-31(34)26-13-15-29(16-14-26)43-24-30-21-33(37-45-30)27-8-3-2-4-9-27/h2-16,21,31,34H,17-20,22-24H2,1H3,(H,39,40)/p-1. The average molecular weight is 608 g/mol. The van der Waals surface area contributed by atoms with Gasteiger partial charge in [-0.25, -0.2) is 0 Å². The zero-order valence-corrected chi connectivity index (χ0v) is 25.1. The summed E-state index contributed by atoms with van der Waals surface area (Å²) < 4.78 is 29.3. The van der Waals surface area contributed by atoms with Crippen LogP contribution in [0, 0.1) is 0 Å². The summed E-state index contributed by atoms with van der Waals surface area (Å²) >= 11 is 0. The number of piperidine rings is 1. The van der Waals surface area contributed by atoms with Gasteiger partial charge in [0, 0.05) is 48.7 Å². The van der Waals surface area contributed by atoms with Gasteiger partial charge in [-0.05, 0) is 29.5 Å². The number of carboxylic acid groups (broad SMARTS) is 1. The molecule has 4 aromatic carbocycles. The van der Waals surface area contributed by atoms with E-state index in [1.165, 1.54) is 4.90 Å². The number of carbonyl (C=O) groups is 1. The van der Waals surface area contributed by atoms with Gasteiger partial charge >= 0.3 is 0 Å². The third kappa shape index (κ3) is 7.28. The molecule has 2 unspecified atom stereocenters. The second kappa shape index (κ2) is 14.3. The molecular weight excluding hydrogens is 572 g/mol. The Balaban J connectivity index is 1.14. The predicted molar refractivity (Wildman–Crippen MR) is 167 cm³/mol. The van der Waals surface area contributed by atoms with E-state index >= 15 is 0 Å². The largest absolute Gasteiger partial charge is 0.530 e. The molecule has 45 heavy (non-hydrogen) atoms. The molecule has 2 heterocycles. The van der Waals surface area contributed by atoms with Crippen LogP contribution >= 0.6 is 0 Å². The lowest BCUT2D eigenvalue weighted by atomic mass is 9.87. The lowest BCUT2D eigenvalue weighted by Gasteiger charge is -2.40. The molecule has 0 saturated carbocycles. The van der Waals surface area contributed by atoms with Crippen LogP contribution in [0.5, 0.6) is 11.5 Å². The van der Waals surface area contributed by atoms with E-state index < -0.39 is 6.09 Å².